The second-order valence-electron chi connectivity index (χ2n) is 8.38. The van der Waals surface area contributed by atoms with E-state index in [9.17, 15) is 18.0 Å². The summed E-state index contributed by atoms with van der Waals surface area (Å²) in [4.78, 5) is 24.3. The summed E-state index contributed by atoms with van der Waals surface area (Å²) < 4.78 is 28.6. The van der Waals surface area contributed by atoms with Crippen LogP contribution >= 0.6 is 11.6 Å². The predicted octanol–water partition coefficient (Wildman–Crippen LogP) is 4.24. The van der Waals surface area contributed by atoms with E-state index >= 15 is 0 Å². The zero-order chi connectivity index (χ0) is 28.1. The van der Waals surface area contributed by atoms with Gasteiger partial charge in [0.1, 0.15) is 15.9 Å². The van der Waals surface area contributed by atoms with Crippen LogP contribution in [0.15, 0.2) is 95.9 Å². The van der Waals surface area contributed by atoms with Crippen molar-refractivity contribution < 1.29 is 18.0 Å². The Hall–Kier alpha value is -5.14. The van der Waals surface area contributed by atoms with E-state index in [1.54, 1.807) is 24.3 Å². The van der Waals surface area contributed by atoms with Crippen LogP contribution in [-0.4, -0.2) is 35.6 Å². The molecule has 0 spiro atoms. The summed E-state index contributed by atoms with van der Waals surface area (Å²) >= 11 is 6.21. The minimum Gasteiger partial charge on any atom is -0.355 e. The molecule has 6 N–H and O–H groups in total. The fraction of sp³-hybridized carbons (Fsp3) is 0. The predicted molar refractivity (Wildman–Crippen MR) is 153 cm³/mol. The Balaban J connectivity index is 1.18. The lowest BCUT2D eigenvalue weighted by atomic mass is 10.2. The SMILES string of the molecule is O=C(NNc1ccc(NS(=O)(=O)c2cc(Nc3ccccc3)ccc2Cl)cc1)C(=O)Nc1ccc2n[nH]nc2c1. The number of rotatable bonds is 8. The number of anilines is 5. The third-order valence-electron chi connectivity index (χ3n) is 5.52. The molecule has 12 nitrogen and oxygen atoms in total. The van der Waals surface area contributed by atoms with E-state index < -0.39 is 21.8 Å². The van der Waals surface area contributed by atoms with E-state index in [1.807, 2.05) is 30.3 Å². The third-order valence-corrected chi connectivity index (χ3v) is 7.38. The van der Waals surface area contributed by atoms with Gasteiger partial charge in [-0.25, -0.2) is 8.42 Å². The van der Waals surface area contributed by atoms with Crippen LogP contribution in [0.25, 0.3) is 11.0 Å². The monoisotopic (exact) mass is 576 g/mol. The number of para-hydroxylation sites is 1. The van der Waals surface area contributed by atoms with Crippen LogP contribution in [0.5, 0.6) is 0 Å². The van der Waals surface area contributed by atoms with Gasteiger partial charge in [0.25, 0.3) is 10.0 Å². The van der Waals surface area contributed by atoms with E-state index in [2.05, 4.69) is 41.6 Å². The Bertz CT molecular complexity index is 1800. The number of benzene rings is 4. The van der Waals surface area contributed by atoms with Gasteiger partial charge in [-0.2, -0.15) is 15.4 Å². The van der Waals surface area contributed by atoms with E-state index in [0.29, 0.717) is 28.1 Å². The van der Waals surface area contributed by atoms with Crippen LogP contribution < -0.4 is 26.2 Å². The molecule has 1 aromatic heterocycles. The van der Waals surface area contributed by atoms with Crippen molar-refractivity contribution in [3.63, 3.8) is 0 Å². The number of sulfonamides is 1. The van der Waals surface area contributed by atoms with Gasteiger partial charge in [0.05, 0.1) is 10.7 Å². The van der Waals surface area contributed by atoms with Crippen molar-refractivity contribution in [2.75, 3.05) is 20.8 Å². The molecule has 0 aliphatic heterocycles. The Morgan fingerprint density at radius 2 is 1.38 bits per heavy atom. The lowest BCUT2D eigenvalue weighted by Gasteiger charge is -2.13. The highest BCUT2D eigenvalue weighted by Crippen LogP contribution is 2.29. The van der Waals surface area contributed by atoms with Crippen LogP contribution in [0.1, 0.15) is 0 Å². The molecule has 0 bridgehead atoms. The van der Waals surface area contributed by atoms with Crippen LogP contribution in [0.4, 0.5) is 28.4 Å². The molecule has 5 rings (SSSR count). The summed E-state index contributed by atoms with van der Waals surface area (Å²) in [5.74, 6) is -1.84. The minimum atomic E-state index is -4.02. The standard InChI is InChI=1S/C26H21ClN8O4S/c27-21-12-10-20(28-16-4-2-1-3-5-16)15-24(21)40(38,39)34-18-8-6-17(7-9-18)30-33-26(37)25(36)29-19-11-13-22-23(14-19)32-35-31-22/h1-15,28,30,34H,(H,29,36)(H,33,37)(H,31,32,35). The highest BCUT2D eigenvalue weighted by atomic mass is 35.5. The van der Waals surface area contributed by atoms with Crippen LogP contribution in [0.3, 0.4) is 0 Å². The highest BCUT2D eigenvalue weighted by molar-refractivity contribution is 7.92. The molecule has 0 fully saturated rings. The molecular formula is C26H21ClN8O4S. The minimum absolute atomic E-state index is 0.0614. The number of nitrogens with one attached hydrogen (secondary N) is 6. The molecule has 2 amide bonds. The van der Waals surface area contributed by atoms with Gasteiger partial charge in [-0.15, -0.1) is 0 Å². The number of nitrogens with zero attached hydrogens (tertiary/aromatic N) is 2. The number of H-pyrrole nitrogens is 1. The summed E-state index contributed by atoms with van der Waals surface area (Å²) in [6.07, 6.45) is 0. The quantitative estimate of drug-likeness (QED) is 0.118. The number of aromatic amines is 1. The number of carbonyl (C=O) groups is 2. The average molecular weight is 577 g/mol. The molecule has 4 aromatic carbocycles. The normalized spacial score (nSPS) is 11.0. The lowest BCUT2D eigenvalue weighted by Crippen LogP contribution is -2.38. The Morgan fingerprint density at radius 1 is 0.700 bits per heavy atom. The first-order valence-corrected chi connectivity index (χ1v) is 13.6. The molecular weight excluding hydrogens is 556 g/mol. The van der Waals surface area contributed by atoms with Crippen LogP contribution in [0, 0.1) is 0 Å². The van der Waals surface area contributed by atoms with Crippen molar-refractivity contribution in [1.82, 2.24) is 20.8 Å². The summed E-state index contributed by atoms with van der Waals surface area (Å²) in [7, 11) is -4.02. The van der Waals surface area contributed by atoms with Crippen molar-refractivity contribution in [3.8, 4) is 0 Å². The molecule has 0 unspecified atom stereocenters. The number of halogens is 1. The molecule has 0 saturated heterocycles. The first-order chi connectivity index (χ1) is 19.3. The summed E-state index contributed by atoms with van der Waals surface area (Å²) in [6, 6.07) is 24.7. The van der Waals surface area contributed by atoms with Crippen molar-refractivity contribution in [3.05, 3.63) is 96.0 Å². The fourth-order valence-electron chi connectivity index (χ4n) is 3.60. The summed E-state index contributed by atoms with van der Waals surface area (Å²) in [5, 5.41) is 16.0. The van der Waals surface area contributed by atoms with Gasteiger partial charge in [0.15, 0.2) is 0 Å². The number of hydrogen-bond donors (Lipinski definition) is 6. The van der Waals surface area contributed by atoms with E-state index in [1.165, 1.54) is 36.4 Å². The maximum Gasteiger partial charge on any atom is 0.327 e. The number of aromatic nitrogens is 3. The molecule has 0 radical (unpaired) electrons. The topological polar surface area (TPSA) is 170 Å². The Kier molecular flexibility index (Phi) is 7.48. The number of hydrogen-bond acceptors (Lipinski definition) is 8. The zero-order valence-electron chi connectivity index (χ0n) is 20.5. The summed E-state index contributed by atoms with van der Waals surface area (Å²) in [5.41, 5.74) is 8.41. The largest absolute Gasteiger partial charge is 0.355 e. The third kappa shape index (κ3) is 6.28. The average Bonchev–Trinajstić information content (AvgIpc) is 3.42. The van der Waals surface area contributed by atoms with Gasteiger partial charge in [0, 0.05) is 22.7 Å². The maximum absolute atomic E-state index is 13.1. The Morgan fingerprint density at radius 3 is 2.15 bits per heavy atom. The molecule has 0 aliphatic carbocycles. The van der Waals surface area contributed by atoms with Crippen molar-refractivity contribution >= 4 is 72.9 Å². The van der Waals surface area contributed by atoms with Gasteiger partial charge in [-0.05, 0) is 72.8 Å². The molecule has 1 heterocycles. The number of hydrazine groups is 1. The van der Waals surface area contributed by atoms with Crippen molar-refractivity contribution in [1.29, 1.82) is 0 Å². The number of fused-ring (bicyclic) bond motifs is 1. The molecule has 0 atom stereocenters. The number of carbonyl (C=O) groups excluding carboxylic acids is 2. The molecule has 40 heavy (non-hydrogen) atoms. The molecule has 202 valence electrons. The first-order valence-electron chi connectivity index (χ1n) is 11.7. The van der Waals surface area contributed by atoms with Gasteiger partial charge in [-0.1, -0.05) is 29.8 Å². The van der Waals surface area contributed by atoms with Gasteiger partial charge < -0.3 is 10.6 Å². The molecule has 14 heteroatoms. The smallest absolute Gasteiger partial charge is 0.327 e. The molecule has 0 saturated carbocycles. The molecule has 5 aromatic rings. The Labute approximate surface area is 233 Å². The van der Waals surface area contributed by atoms with Gasteiger partial charge in [-0.3, -0.25) is 25.2 Å². The van der Waals surface area contributed by atoms with E-state index in [4.69, 9.17) is 11.6 Å². The van der Waals surface area contributed by atoms with Crippen molar-refractivity contribution in [2.24, 2.45) is 0 Å². The lowest BCUT2D eigenvalue weighted by molar-refractivity contribution is -0.135. The first kappa shape index (κ1) is 26.5. The van der Waals surface area contributed by atoms with E-state index in [0.717, 1.165) is 5.69 Å². The second kappa shape index (κ2) is 11.3. The van der Waals surface area contributed by atoms with Crippen LogP contribution in [0.2, 0.25) is 5.02 Å². The maximum atomic E-state index is 13.1. The fourth-order valence-corrected chi connectivity index (χ4v) is 5.18. The van der Waals surface area contributed by atoms with Gasteiger partial charge in [0.2, 0.25) is 0 Å². The second-order valence-corrected chi connectivity index (χ2v) is 10.4. The summed E-state index contributed by atoms with van der Waals surface area (Å²) in [6.45, 7) is 0. The molecule has 0 aliphatic rings. The van der Waals surface area contributed by atoms with Gasteiger partial charge >= 0.3 is 11.8 Å². The van der Waals surface area contributed by atoms with Crippen molar-refractivity contribution in [2.45, 2.75) is 4.90 Å². The van der Waals surface area contributed by atoms with E-state index in [-0.39, 0.29) is 15.6 Å². The van der Waals surface area contributed by atoms with Crippen LogP contribution in [-0.2, 0) is 19.6 Å². The number of amides is 2. The zero-order valence-corrected chi connectivity index (χ0v) is 22.0. The highest BCUT2D eigenvalue weighted by Gasteiger charge is 2.19.